The molecule has 126 valence electrons. The summed E-state index contributed by atoms with van der Waals surface area (Å²) in [5.74, 6) is 2.44. The van der Waals surface area contributed by atoms with Gasteiger partial charge in [0.25, 0.3) is 0 Å². The molecule has 1 unspecified atom stereocenters. The molecule has 2 rings (SSSR count). The number of carbonyl (C=O) groups is 1. The fourth-order valence-electron chi connectivity index (χ4n) is 2.75. The predicted molar refractivity (Wildman–Crippen MR) is 92.9 cm³/mol. The quantitative estimate of drug-likeness (QED) is 0.737. The molecule has 2 saturated heterocycles. The van der Waals surface area contributed by atoms with E-state index in [2.05, 4.69) is 10.2 Å². The van der Waals surface area contributed by atoms with Crippen molar-refractivity contribution in [1.29, 1.82) is 0 Å². The predicted octanol–water partition coefficient (Wildman–Crippen LogP) is 0.893. The van der Waals surface area contributed by atoms with Crippen molar-refractivity contribution in [2.45, 2.75) is 24.8 Å². The summed E-state index contributed by atoms with van der Waals surface area (Å²) in [4.78, 5) is 14.3. The number of morpholine rings is 1. The molecule has 0 saturated carbocycles. The van der Waals surface area contributed by atoms with Gasteiger partial charge in [-0.05, 0) is 25.1 Å². The van der Waals surface area contributed by atoms with E-state index in [9.17, 15) is 4.79 Å². The summed E-state index contributed by atoms with van der Waals surface area (Å²) in [5, 5.41) is 3.11. The second-order valence-electron chi connectivity index (χ2n) is 5.30. The molecule has 21 heavy (non-hydrogen) atoms. The number of nitrogens with one attached hydrogen (secondary N) is 1. The molecule has 0 radical (unpaired) electrons. The van der Waals surface area contributed by atoms with Crippen molar-refractivity contribution < 1.29 is 9.53 Å². The van der Waals surface area contributed by atoms with Gasteiger partial charge in [0, 0.05) is 37.3 Å². The lowest BCUT2D eigenvalue weighted by molar-refractivity contribution is -0.122. The largest absolute Gasteiger partial charge is 0.379 e. The Labute approximate surface area is 143 Å². The highest BCUT2D eigenvalue weighted by molar-refractivity contribution is 7.99. The zero-order valence-corrected chi connectivity index (χ0v) is 14.8. The van der Waals surface area contributed by atoms with Crippen LogP contribution in [0.15, 0.2) is 0 Å². The van der Waals surface area contributed by atoms with Crippen LogP contribution in [0.1, 0.15) is 19.3 Å². The third-order valence-corrected chi connectivity index (χ3v) is 5.22. The maximum Gasteiger partial charge on any atom is 0.220 e. The minimum Gasteiger partial charge on any atom is -0.379 e. The zero-order chi connectivity index (χ0) is 13.6. The number of amides is 1. The van der Waals surface area contributed by atoms with Gasteiger partial charge in [-0.2, -0.15) is 11.8 Å². The zero-order valence-electron chi connectivity index (χ0n) is 12.3. The Balaban J connectivity index is 0.00000200. The Kier molecular flexibility index (Phi) is 11.1. The molecule has 0 aromatic rings. The number of nitrogens with zero attached hydrogens (tertiary/aromatic N) is 1. The SMILES string of the molecule is Cl.Cl.NCCCC(=O)NCC1(N2CCOCC2)CCSC1. The van der Waals surface area contributed by atoms with Gasteiger partial charge in [0.1, 0.15) is 0 Å². The first-order chi connectivity index (χ1) is 9.27. The lowest BCUT2D eigenvalue weighted by Gasteiger charge is -2.43. The summed E-state index contributed by atoms with van der Waals surface area (Å²) in [6.07, 6.45) is 2.48. The highest BCUT2D eigenvalue weighted by Crippen LogP contribution is 2.33. The molecule has 5 nitrogen and oxygen atoms in total. The van der Waals surface area contributed by atoms with E-state index < -0.39 is 0 Å². The molecule has 0 aromatic heterocycles. The molecular formula is C13H27Cl2N3O2S. The number of ether oxygens (including phenoxy) is 1. The number of hydrogen-bond donors (Lipinski definition) is 2. The van der Waals surface area contributed by atoms with Gasteiger partial charge >= 0.3 is 0 Å². The van der Waals surface area contributed by atoms with Crippen LogP contribution in [0.25, 0.3) is 0 Å². The normalized spacial score (nSPS) is 25.8. The van der Waals surface area contributed by atoms with Crippen molar-refractivity contribution in [2.24, 2.45) is 5.73 Å². The standard InChI is InChI=1S/C13H25N3O2S.2ClH/c14-4-1-2-12(17)15-10-13(3-9-19-11-13)16-5-7-18-8-6-16;;/h1-11,14H2,(H,15,17);2*1H. The van der Waals surface area contributed by atoms with E-state index in [1.165, 1.54) is 5.75 Å². The van der Waals surface area contributed by atoms with Gasteiger partial charge in [-0.3, -0.25) is 9.69 Å². The van der Waals surface area contributed by atoms with Crippen molar-refractivity contribution >= 4 is 42.5 Å². The Morgan fingerprint density at radius 2 is 2.05 bits per heavy atom. The van der Waals surface area contributed by atoms with Crippen LogP contribution in [-0.4, -0.2) is 67.2 Å². The van der Waals surface area contributed by atoms with Crippen LogP contribution >= 0.6 is 36.6 Å². The summed E-state index contributed by atoms with van der Waals surface area (Å²) < 4.78 is 5.43. The van der Waals surface area contributed by atoms with Crippen molar-refractivity contribution in [3.8, 4) is 0 Å². The summed E-state index contributed by atoms with van der Waals surface area (Å²) in [7, 11) is 0. The molecule has 0 aromatic carbocycles. The van der Waals surface area contributed by atoms with Crippen LogP contribution in [-0.2, 0) is 9.53 Å². The van der Waals surface area contributed by atoms with Gasteiger partial charge in [0.2, 0.25) is 5.91 Å². The maximum absolute atomic E-state index is 11.8. The van der Waals surface area contributed by atoms with E-state index in [4.69, 9.17) is 10.5 Å². The van der Waals surface area contributed by atoms with Crippen molar-refractivity contribution in [2.75, 3.05) is 50.9 Å². The Bertz CT molecular complexity index is 299. The topological polar surface area (TPSA) is 67.6 Å². The number of rotatable bonds is 6. The molecule has 0 bridgehead atoms. The lowest BCUT2D eigenvalue weighted by Crippen LogP contribution is -2.59. The first-order valence-electron chi connectivity index (χ1n) is 7.14. The van der Waals surface area contributed by atoms with Crippen LogP contribution in [0.5, 0.6) is 0 Å². The van der Waals surface area contributed by atoms with E-state index in [1.807, 2.05) is 11.8 Å². The average molecular weight is 360 g/mol. The molecule has 2 heterocycles. The summed E-state index contributed by atoms with van der Waals surface area (Å²) in [6.45, 7) is 4.95. The molecule has 2 aliphatic heterocycles. The molecule has 2 fully saturated rings. The van der Waals surface area contributed by atoms with Gasteiger partial charge in [-0.15, -0.1) is 24.8 Å². The van der Waals surface area contributed by atoms with Crippen LogP contribution in [0.4, 0.5) is 0 Å². The Hall–Kier alpha value is 0.280. The molecular weight excluding hydrogens is 333 g/mol. The first kappa shape index (κ1) is 21.3. The maximum atomic E-state index is 11.8. The van der Waals surface area contributed by atoms with Crippen LogP contribution in [0, 0.1) is 0 Å². The fourth-order valence-corrected chi connectivity index (χ4v) is 4.23. The molecule has 0 aliphatic carbocycles. The van der Waals surface area contributed by atoms with E-state index in [1.54, 1.807) is 0 Å². The number of halogens is 2. The molecule has 1 amide bonds. The molecule has 2 aliphatic rings. The summed E-state index contributed by atoms with van der Waals surface area (Å²) >= 11 is 1.99. The number of thioether (sulfide) groups is 1. The van der Waals surface area contributed by atoms with Crippen molar-refractivity contribution in [3.05, 3.63) is 0 Å². The number of hydrogen-bond acceptors (Lipinski definition) is 5. The first-order valence-corrected chi connectivity index (χ1v) is 8.30. The summed E-state index contributed by atoms with van der Waals surface area (Å²) in [5.41, 5.74) is 5.58. The molecule has 0 spiro atoms. The van der Waals surface area contributed by atoms with Crippen LogP contribution in [0.3, 0.4) is 0 Å². The molecule has 3 N–H and O–H groups in total. The average Bonchev–Trinajstić information content (AvgIpc) is 2.94. The second-order valence-corrected chi connectivity index (χ2v) is 6.40. The van der Waals surface area contributed by atoms with Gasteiger partial charge < -0.3 is 15.8 Å². The highest BCUT2D eigenvalue weighted by atomic mass is 35.5. The van der Waals surface area contributed by atoms with Gasteiger partial charge in [0.05, 0.1) is 13.2 Å². The van der Waals surface area contributed by atoms with E-state index in [0.717, 1.165) is 51.4 Å². The van der Waals surface area contributed by atoms with Crippen molar-refractivity contribution in [1.82, 2.24) is 10.2 Å². The highest BCUT2D eigenvalue weighted by Gasteiger charge is 2.40. The molecule has 8 heteroatoms. The third-order valence-electron chi connectivity index (χ3n) is 3.99. The van der Waals surface area contributed by atoms with Gasteiger partial charge in [-0.1, -0.05) is 0 Å². The Morgan fingerprint density at radius 3 is 2.62 bits per heavy atom. The van der Waals surface area contributed by atoms with Crippen LogP contribution < -0.4 is 11.1 Å². The van der Waals surface area contributed by atoms with E-state index in [-0.39, 0.29) is 36.3 Å². The minimum atomic E-state index is 0. The number of nitrogens with two attached hydrogens (primary N) is 1. The second kappa shape index (κ2) is 10.9. The smallest absolute Gasteiger partial charge is 0.220 e. The lowest BCUT2D eigenvalue weighted by atomic mass is 9.95. The van der Waals surface area contributed by atoms with Crippen LogP contribution in [0.2, 0.25) is 0 Å². The van der Waals surface area contributed by atoms with E-state index >= 15 is 0 Å². The van der Waals surface area contributed by atoms with Crippen molar-refractivity contribution in [3.63, 3.8) is 0 Å². The van der Waals surface area contributed by atoms with Gasteiger partial charge in [-0.25, -0.2) is 0 Å². The summed E-state index contributed by atoms with van der Waals surface area (Å²) in [6, 6.07) is 0. The number of carbonyl (C=O) groups excluding carboxylic acids is 1. The third kappa shape index (κ3) is 6.12. The minimum absolute atomic E-state index is 0. The Morgan fingerprint density at radius 1 is 1.33 bits per heavy atom. The monoisotopic (exact) mass is 359 g/mol. The van der Waals surface area contributed by atoms with E-state index in [0.29, 0.717) is 13.0 Å². The fraction of sp³-hybridized carbons (Fsp3) is 0.923. The molecule has 1 atom stereocenters. The van der Waals surface area contributed by atoms with Gasteiger partial charge in [0.15, 0.2) is 0 Å².